The Morgan fingerprint density at radius 3 is 3.29 bits per heavy atom. The molecule has 0 unspecified atom stereocenters. The predicted molar refractivity (Wildman–Crippen MR) is 47.6 cm³/mol. The molecule has 1 aromatic rings. The van der Waals surface area contributed by atoms with E-state index in [0.717, 1.165) is 18.9 Å². The monoisotopic (exact) mass is 196 g/mol. The molecular weight excluding hydrogens is 184 g/mol. The van der Waals surface area contributed by atoms with Crippen molar-refractivity contribution in [2.24, 2.45) is 5.84 Å². The van der Waals surface area contributed by atoms with Gasteiger partial charge in [-0.3, -0.25) is 15.1 Å². The van der Waals surface area contributed by atoms with Gasteiger partial charge in [0.05, 0.1) is 13.1 Å². The maximum Gasteiger partial charge on any atom is 0.248 e. The Labute approximate surface area is 80.9 Å². The smallest absolute Gasteiger partial charge is 0.248 e. The Hall–Kier alpha value is -1.47. The maximum absolute atomic E-state index is 11.0. The Bertz CT molecular complexity index is 335. The number of nitrogens with zero attached hydrogens (tertiary/aromatic N) is 4. The Kier molecular flexibility index (Phi) is 2.42. The third kappa shape index (κ3) is 1.73. The van der Waals surface area contributed by atoms with Gasteiger partial charge in [0.15, 0.2) is 0 Å². The molecule has 1 amide bonds. The molecule has 14 heavy (non-hydrogen) atoms. The largest absolute Gasteiger partial charge is 0.315 e. The van der Waals surface area contributed by atoms with Gasteiger partial charge in [0.2, 0.25) is 5.91 Å². The van der Waals surface area contributed by atoms with Crippen LogP contribution in [-0.2, 0) is 17.9 Å². The first-order valence-electron chi connectivity index (χ1n) is 4.38. The fourth-order valence-corrected chi connectivity index (χ4v) is 1.50. The van der Waals surface area contributed by atoms with Gasteiger partial charge in [0.25, 0.3) is 0 Å². The molecule has 0 saturated heterocycles. The van der Waals surface area contributed by atoms with E-state index in [0.29, 0.717) is 13.1 Å². The van der Waals surface area contributed by atoms with Crippen LogP contribution in [0.5, 0.6) is 0 Å². The molecular formula is C7H12N6O. The normalized spacial score (nSPS) is 16.4. The minimum atomic E-state index is -0.182. The van der Waals surface area contributed by atoms with Crippen molar-refractivity contribution in [1.82, 2.24) is 25.1 Å². The number of nitrogens with one attached hydrogen (secondary N) is 1. The highest BCUT2D eigenvalue weighted by Gasteiger charge is 2.18. The third-order valence-electron chi connectivity index (χ3n) is 2.25. The summed E-state index contributed by atoms with van der Waals surface area (Å²) >= 11 is 0. The molecule has 1 aliphatic rings. The third-order valence-corrected chi connectivity index (χ3v) is 2.25. The van der Waals surface area contributed by atoms with E-state index in [1.807, 2.05) is 9.47 Å². The van der Waals surface area contributed by atoms with Crippen LogP contribution >= 0.6 is 0 Å². The molecule has 2 rings (SSSR count). The number of fused-ring (bicyclic) bond motifs is 1. The SMILES string of the molecule is NNC(=O)CN1CCn2cnnc2C1. The summed E-state index contributed by atoms with van der Waals surface area (Å²) in [5.41, 5.74) is 2.11. The molecule has 0 radical (unpaired) electrons. The van der Waals surface area contributed by atoms with Crippen LogP contribution < -0.4 is 11.3 Å². The fraction of sp³-hybridized carbons (Fsp3) is 0.571. The lowest BCUT2D eigenvalue weighted by atomic mass is 10.3. The Morgan fingerprint density at radius 2 is 2.50 bits per heavy atom. The van der Waals surface area contributed by atoms with Crippen LogP contribution in [-0.4, -0.2) is 38.7 Å². The van der Waals surface area contributed by atoms with Crippen molar-refractivity contribution in [2.75, 3.05) is 13.1 Å². The quantitative estimate of drug-likeness (QED) is 0.327. The van der Waals surface area contributed by atoms with Crippen molar-refractivity contribution < 1.29 is 4.79 Å². The van der Waals surface area contributed by atoms with Crippen molar-refractivity contribution in [3.05, 3.63) is 12.2 Å². The topological polar surface area (TPSA) is 89.1 Å². The zero-order chi connectivity index (χ0) is 9.97. The molecule has 0 saturated carbocycles. The Balaban J connectivity index is 1.97. The van der Waals surface area contributed by atoms with Crippen molar-refractivity contribution in [3.8, 4) is 0 Å². The molecule has 1 aliphatic heterocycles. The second kappa shape index (κ2) is 3.72. The van der Waals surface area contributed by atoms with E-state index < -0.39 is 0 Å². The fourth-order valence-electron chi connectivity index (χ4n) is 1.50. The zero-order valence-electron chi connectivity index (χ0n) is 7.68. The van der Waals surface area contributed by atoms with Gasteiger partial charge < -0.3 is 4.57 Å². The number of hydrazine groups is 1. The molecule has 0 aromatic carbocycles. The molecule has 0 fully saturated rings. The van der Waals surface area contributed by atoms with E-state index in [-0.39, 0.29) is 5.91 Å². The average Bonchev–Trinajstić information content (AvgIpc) is 2.64. The summed E-state index contributed by atoms with van der Waals surface area (Å²) in [5, 5.41) is 7.75. The van der Waals surface area contributed by atoms with Gasteiger partial charge in [-0.2, -0.15) is 0 Å². The number of amides is 1. The van der Waals surface area contributed by atoms with E-state index in [9.17, 15) is 4.79 Å². The number of hydrogen-bond donors (Lipinski definition) is 2. The lowest BCUT2D eigenvalue weighted by Gasteiger charge is -2.25. The molecule has 1 aromatic heterocycles. The van der Waals surface area contributed by atoms with Gasteiger partial charge in [0.1, 0.15) is 12.2 Å². The molecule has 0 bridgehead atoms. The Morgan fingerprint density at radius 1 is 1.64 bits per heavy atom. The predicted octanol–water partition coefficient (Wildman–Crippen LogP) is -1.92. The number of nitrogens with two attached hydrogens (primary N) is 1. The first-order chi connectivity index (χ1) is 6.79. The van der Waals surface area contributed by atoms with Gasteiger partial charge >= 0.3 is 0 Å². The maximum atomic E-state index is 11.0. The van der Waals surface area contributed by atoms with Crippen molar-refractivity contribution in [2.45, 2.75) is 13.1 Å². The molecule has 7 heteroatoms. The van der Waals surface area contributed by atoms with Gasteiger partial charge in [-0.15, -0.1) is 10.2 Å². The number of rotatable bonds is 2. The van der Waals surface area contributed by atoms with Crippen LogP contribution in [0.2, 0.25) is 0 Å². The molecule has 3 N–H and O–H groups in total. The summed E-state index contributed by atoms with van der Waals surface area (Å²) < 4.78 is 1.98. The van der Waals surface area contributed by atoms with E-state index in [4.69, 9.17) is 5.84 Å². The van der Waals surface area contributed by atoms with Crippen LogP contribution in [0.15, 0.2) is 6.33 Å². The summed E-state index contributed by atoms with van der Waals surface area (Å²) in [6.07, 6.45) is 1.70. The van der Waals surface area contributed by atoms with Crippen molar-refractivity contribution >= 4 is 5.91 Å². The van der Waals surface area contributed by atoms with Crippen molar-refractivity contribution in [3.63, 3.8) is 0 Å². The van der Waals surface area contributed by atoms with Gasteiger partial charge in [0, 0.05) is 13.1 Å². The number of carbonyl (C=O) groups is 1. The van der Waals surface area contributed by atoms with Crippen molar-refractivity contribution in [1.29, 1.82) is 0 Å². The molecule has 0 spiro atoms. The summed E-state index contributed by atoms with van der Waals surface area (Å²) in [5.74, 6) is 5.71. The van der Waals surface area contributed by atoms with Gasteiger partial charge in [-0.1, -0.05) is 0 Å². The molecule has 0 atom stereocenters. The van der Waals surface area contributed by atoms with Crippen LogP contribution in [0.4, 0.5) is 0 Å². The standard InChI is InChI=1S/C7H12N6O/c8-10-7(14)4-12-1-2-13-5-9-11-6(13)3-12/h5H,1-4,8H2,(H,10,14). The summed E-state index contributed by atoms with van der Waals surface area (Å²) in [6.45, 7) is 2.59. The minimum Gasteiger partial charge on any atom is -0.315 e. The minimum absolute atomic E-state index is 0.182. The van der Waals surface area contributed by atoms with Crippen LogP contribution in [0.1, 0.15) is 5.82 Å². The highest BCUT2D eigenvalue weighted by atomic mass is 16.2. The van der Waals surface area contributed by atoms with Crippen LogP contribution in [0, 0.1) is 0 Å². The summed E-state index contributed by atoms with van der Waals surface area (Å²) in [7, 11) is 0. The van der Waals surface area contributed by atoms with Crippen LogP contribution in [0.3, 0.4) is 0 Å². The average molecular weight is 196 g/mol. The van der Waals surface area contributed by atoms with Crippen LogP contribution in [0.25, 0.3) is 0 Å². The van der Waals surface area contributed by atoms with E-state index >= 15 is 0 Å². The second-order valence-corrected chi connectivity index (χ2v) is 3.22. The number of carbonyl (C=O) groups excluding carboxylic acids is 1. The van der Waals surface area contributed by atoms with E-state index in [1.165, 1.54) is 0 Å². The lowest BCUT2D eigenvalue weighted by Crippen LogP contribution is -2.43. The highest BCUT2D eigenvalue weighted by Crippen LogP contribution is 2.07. The van der Waals surface area contributed by atoms with Gasteiger partial charge in [-0.25, -0.2) is 5.84 Å². The summed E-state index contributed by atoms with van der Waals surface area (Å²) in [6, 6.07) is 0. The summed E-state index contributed by atoms with van der Waals surface area (Å²) in [4.78, 5) is 13.0. The second-order valence-electron chi connectivity index (χ2n) is 3.22. The first kappa shape index (κ1) is 9.10. The first-order valence-corrected chi connectivity index (χ1v) is 4.38. The molecule has 7 nitrogen and oxygen atoms in total. The number of aromatic nitrogens is 3. The van der Waals surface area contributed by atoms with E-state index in [1.54, 1.807) is 6.33 Å². The molecule has 0 aliphatic carbocycles. The molecule has 76 valence electrons. The van der Waals surface area contributed by atoms with E-state index in [2.05, 4.69) is 15.6 Å². The highest BCUT2D eigenvalue weighted by molar-refractivity contribution is 5.77. The lowest BCUT2D eigenvalue weighted by molar-refractivity contribution is -0.122. The van der Waals surface area contributed by atoms with Gasteiger partial charge in [-0.05, 0) is 0 Å². The zero-order valence-corrected chi connectivity index (χ0v) is 7.68. The molecule has 2 heterocycles. The number of hydrogen-bond acceptors (Lipinski definition) is 5.